The van der Waals surface area contributed by atoms with Crippen molar-refractivity contribution in [2.45, 2.75) is 4.90 Å². The molecular weight excluding hydrogens is 274 g/mol. The van der Waals surface area contributed by atoms with Gasteiger partial charge in [-0.1, -0.05) is 0 Å². The zero-order chi connectivity index (χ0) is 14.2. The molecule has 4 nitrogen and oxygen atoms in total. The summed E-state index contributed by atoms with van der Waals surface area (Å²) in [5, 5.41) is 12.6. The molecule has 2 rings (SSSR count). The molecule has 0 aliphatic carbocycles. The summed E-state index contributed by atoms with van der Waals surface area (Å²) in [6.45, 7) is 0. The minimum atomic E-state index is -1.22. The lowest BCUT2D eigenvalue weighted by Gasteiger charge is -2.07. The third-order valence-electron chi connectivity index (χ3n) is 2.60. The fourth-order valence-electron chi connectivity index (χ4n) is 1.72. The number of aromatic nitrogens is 2. The molecule has 0 radical (unpaired) electrons. The Balaban J connectivity index is 2.65. The number of rotatable bonds is 3. The Bertz CT molecular complexity index is 655. The van der Waals surface area contributed by atoms with Gasteiger partial charge in [-0.05, 0) is 24.5 Å². The number of carboxylic acid groups (broad SMARTS) is 1. The molecule has 1 aromatic heterocycles. The van der Waals surface area contributed by atoms with Crippen molar-refractivity contribution in [2.75, 3.05) is 6.26 Å². The number of hydrogen-bond acceptors (Lipinski definition) is 3. The molecule has 0 fully saturated rings. The van der Waals surface area contributed by atoms with Crippen LogP contribution in [0, 0.1) is 11.6 Å². The molecule has 1 aromatic carbocycles. The van der Waals surface area contributed by atoms with Crippen molar-refractivity contribution in [3.05, 3.63) is 35.5 Å². The van der Waals surface area contributed by atoms with Crippen molar-refractivity contribution in [3.63, 3.8) is 0 Å². The van der Waals surface area contributed by atoms with Crippen LogP contribution in [0.2, 0.25) is 0 Å². The smallest absolute Gasteiger partial charge is 0.356 e. The minimum Gasteiger partial charge on any atom is -0.476 e. The molecule has 7 heteroatoms. The normalized spacial score (nSPS) is 10.7. The molecule has 1 N–H and O–H groups in total. The number of carbonyl (C=O) groups is 1. The second kappa shape index (κ2) is 5.00. The number of hydrogen-bond donors (Lipinski definition) is 1. The summed E-state index contributed by atoms with van der Waals surface area (Å²) in [5.74, 6) is -2.39. The van der Waals surface area contributed by atoms with Crippen molar-refractivity contribution in [2.24, 2.45) is 7.05 Å². The second-order valence-corrected chi connectivity index (χ2v) is 4.66. The Hall–Kier alpha value is -1.89. The zero-order valence-corrected chi connectivity index (χ0v) is 11.0. The van der Waals surface area contributed by atoms with Gasteiger partial charge in [-0.3, -0.25) is 4.68 Å². The lowest BCUT2D eigenvalue weighted by atomic mass is 10.1. The lowest BCUT2D eigenvalue weighted by molar-refractivity contribution is 0.0689. The van der Waals surface area contributed by atoms with Gasteiger partial charge in [-0.15, -0.1) is 11.8 Å². The maximum Gasteiger partial charge on any atom is 0.356 e. The number of nitrogens with zero attached hydrogens (tertiary/aromatic N) is 2. The van der Waals surface area contributed by atoms with Gasteiger partial charge in [0, 0.05) is 17.5 Å². The maximum atomic E-state index is 14.2. The Kier molecular flexibility index (Phi) is 3.57. The van der Waals surface area contributed by atoms with Gasteiger partial charge < -0.3 is 5.11 Å². The van der Waals surface area contributed by atoms with E-state index in [1.807, 2.05) is 0 Å². The predicted octanol–water partition coefficient (Wildman–Crippen LogP) is 2.79. The third kappa shape index (κ3) is 2.46. The van der Waals surface area contributed by atoms with Crippen LogP contribution in [-0.4, -0.2) is 27.1 Å². The molecule has 0 spiro atoms. The molecule has 0 bridgehead atoms. The second-order valence-electron chi connectivity index (χ2n) is 3.81. The summed E-state index contributed by atoms with van der Waals surface area (Å²) >= 11 is 1.08. The molecule has 0 aliphatic rings. The van der Waals surface area contributed by atoms with Crippen LogP contribution in [0.3, 0.4) is 0 Å². The SMILES string of the molecule is CSc1cc(F)cc(-c2cc(C(=O)O)nn2C)c1F. The summed E-state index contributed by atoms with van der Waals surface area (Å²) in [6.07, 6.45) is 1.63. The van der Waals surface area contributed by atoms with Gasteiger partial charge in [0.15, 0.2) is 5.69 Å². The van der Waals surface area contributed by atoms with Crippen molar-refractivity contribution in [1.29, 1.82) is 0 Å². The highest BCUT2D eigenvalue weighted by atomic mass is 32.2. The third-order valence-corrected chi connectivity index (χ3v) is 3.34. The highest BCUT2D eigenvalue weighted by molar-refractivity contribution is 7.98. The highest BCUT2D eigenvalue weighted by Gasteiger charge is 2.18. The van der Waals surface area contributed by atoms with Gasteiger partial charge in [0.1, 0.15) is 11.6 Å². The topological polar surface area (TPSA) is 55.1 Å². The minimum absolute atomic E-state index is 0.00755. The molecule has 0 amide bonds. The van der Waals surface area contributed by atoms with Crippen molar-refractivity contribution >= 4 is 17.7 Å². The van der Waals surface area contributed by atoms with E-state index in [-0.39, 0.29) is 21.8 Å². The van der Waals surface area contributed by atoms with Crippen LogP contribution in [-0.2, 0) is 7.05 Å². The standard InChI is InChI=1S/C12H10F2N2O2S/c1-16-9(5-8(15-16)12(17)18)7-3-6(13)4-10(19-2)11(7)14/h3-5H,1-2H3,(H,17,18). The molecule has 19 heavy (non-hydrogen) atoms. The van der Waals surface area contributed by atoms with Gasteiger partial charge >= 0.3 is 5.97 Å². The molecule has 0 unspecified atom stereocenters. The molecule has 0 atom stereocenters. The monoisotopic (exact) mass is 284 g/mol. The molecule has 1 heterocycles. The molecule has 2 aromatic rings. The van der Waals surface area contributed by atoms with E-state index < -0.39 is 17.6 Å². The predicted molar refractivity (Wildman–Crippen MR) is 67.3 cm³/mol. The van der Waals surface area contributed by atoms with E-state index in [2.05, 4.69) is 5.10 Å². The first kappa shape index (κ1) is 13.5. The summed E-state index contributed by atoms with van der Waals surface area (Å²) in [7, 11) is 1.48. The van der Waals surface area contributed by atoms with Crippen molar-refractivity contribution < 1.29 is 18.7 Å². The first-order valence-corrected chi connectivity index (χ1v) is 6.47. The Labute approximate surface area is 112 Å². The molecule has 0 aliphatic heterocycles. The number of thioether (sulfide) groups is 1. The highest BCUT2D eigenvalue weighted by Crippen LogP contribution is 2.30. The van der Waals surface area contributed by atoms with Crippen LogP contribution in [0.4, 0.5) is 8.78 Å². The maximum absolute atomic E-state index is 14.2. The van der Waals surface area contributed by atoms with Gasteiger partial charge in [-0.25, -0.2) is 13.6 Å². The number of halogens is 2. The van der Waals surface area contributed by atoms with Crippen LogP contribution < -0.4 is 0 Å². The van der Waals surface area contributed by atoms with Crippen LogP contribution in [0.5, 0.6) is 0 Å². The van der Waals surface area contributed by atoms with E-state index in [0.717, 1.165) is 23.9 Å². The molecule has 100 valence electrons. The van der Waals surface area contributed by atoms with E-state index >= 15 is 0 Å². The van der Waals surface area contributed by atoms with Gasteiger partial charge in [0.25, 0.3) is 0 Å². The summed E-state index contributed by atoms with van der Waals surface area (Å²) < 4.78 is 28.8. The van der Waals surface area contributed by atoms with E-state index in [0.29, 0.717) is 0 Å². The first-order chi connectivity index (χ1) is 8.93. The number of benzene rings is 1. The number of aromatic carboxylic acids is 1. The number of aryl methyl sites for hydroxylation is 1. The first-order valence-electron chi connectivity index (χ1n) is 5.24. The summed E-state index contributed by atoms with van der Waals surface area (Å²) in [4.78, 5) is 11.0. The van der Waals surface area contributed by atoms with E-state index in [1.54, 1.807) is 6.26 Å². The Morgan fingerprint density at radius 2 is 2.05 bits per heavy atom. The quantitative estimate of drug-likeness (QED) is 0.881. The van der Waals surface area contributed by atoms with Crippen LogP contribution >= 0.6 is 11.8 Å². The largest absolute Gasteiger partial charge is 0.476 e. The van der Waals surface area contributed by atoms with Crippen LogP contribution in [0.25, 0.3) is 11.3 Å². The summed E-state index contributed by atoms with van der Waals surface area (Å²) in [6, 6.07) is 3.33. The average molecular weight is 284 g/mol. The molecular formula is C12H10F2N2O2S. The van der Waals surface area contributed by atoms with E-state index in [4.69, 9.17) is 5.11 Å². The van der Waals surface area contributed by atoms with Crippen LogP contribution in [0.1, 0.15) is 10.5 Å². The van der Waals surface area contributed by atoms with Crippen molar-refractivity contribution in [3.8, 4) is 11.3 Å². The number of carboxylic acids is 1. The van der Waals surface area contributed by atoms with Gasteiger partial charge in [-0.2, -0.15) is 5.10 Å². The molecule has 0 saturated carbocycles. The average Bonchev–Trinajstić information content (AvgIpc) is 2.74. The van der Waals surface area contributed by atoms with E-state index in [9.17, 15) is 13.6 Å². The van der Waals surface area contributed by atoms with Crippen molar-refractivity contribution in [1.82, 2.24) is 9.78 Å². The van der Waals surface area contributed by atoms with E-state index in [1.165, 1.54) is 17.8 Å². The van der Waals surface area contributed by atoms with Gasteiger partial charge in [0.2, 0.25) is 0 Å². The summed E-state index contributed by atoms with van der Waals surface area (Å²) in [5.41, 5.74) is -0.0107. The molecule has 0 saturated heterocycles. The fraction of sp³-hybridized carbons (Fsp3) is 0.167. The van der Waals surface area contributed by atoms with Crippen LogP contribution in [0.15, 0.2) is 23.1 Å². The fourth-order valence-corrected chi connectivity index (χ4v) is 2.24. The lowest BCUT2D eigenvalue weighted by Crippen LogP contribution is -2.00. The zero-order valence-electron chi connectivity index (χ0n) is 10.1. The van der Waals surface area contributed by atoms with Gasteiger partial charge in [0.05, 0.1) is 5.69 Å². The Morgan fingerprint density at radius 1 is 1.37 bits per heavy atom. The Morgan fingerprint density at radius 3 is 2.58 bits per heavy atom.